The Morgan fingerprint density at radius 2 is 1.62 bits per heavy atom. The predicted octanol–water partition coefficient (Wildman–Crippen LogP) is 4.23. The lowest BCUT2D eigenvalue weighted by atomic mass is 9.89. The number of para-hydroxylation sites is 1. The topological polar surface area (TPSA) is 66.9 Å². The van der Waals surface area contributed by atoms with Crippen LogP contribution in [0.15, 0.2) is 83.8 Å². The van der Waals surface area contributed by atoms with Gasteiger partial charge in [-0.25, -0.2) is 13.5 Å². The molecule has 32 heavy (non-hydrogen) atoms. The van der Waals surface area contributed by atoms with Gasteiger partial charge in [0.25, 0.3) is 10.0 Å². The van der Waals surface area contributed by atoms with E-state index in [9.17, 15) is 13.2 Å². The van der Waals surface area contributed by atoms with E-state index in [1.807, 2.05) is 55.5 Å². The van der Waals surface area contributed by atoms with Crippen LogP contribution in [0.4, 0.5) is 5.69 Å². The van der Waals surface area contributed by atoms with E-state index in [0.717, 1.165) is 16.7 Å². The van der Waals surface area contributed by atoms with Gasteiger partial charge in [0.1, 0.15) is 6.61 Å². The summed E-state index contributed by atoms with van der Waals surface area (Å²) in [4.78, 5) is 19.1. The van der Waals surface area contributed by atoms with Crippen molar-refractivity contribution in [3.05, 3.63) is 95.6 Å². The third-order valence-corrected chi connectivity index (χ3v) is 7.92. The number of aryl methyl sites for hydroxylation is 1. The summed E-state index contributed by atoms with van der Waals surface area (Å²) in [7, 11) is -3.76. The molecule has 0 aromatic heterocycles. The molecule has 2 aliphatic rings. The van der Waals surface area contributed by atoms with Crippen LogP contribution in [-0.4, -0.2) is 25.9 Å². The van der Waals surface area contributed by atoms with Crippen LogP contribution in [0, 0.1) is 12.8 Å². The molecule has 2 heterocycles. The third-order valence-electron chi connectivity index (χ3n) is 6.13. The van der Waals surface area contributed by atoms with E-state index in [4.69, 9.17) is 4.84 Å². The molecule has 1 amide bonds. The van der Waals surface area contributed by atoms with Crippen LogP contribution in [0.2, 0.25) is 0 Å². The van der Waals surface area contributed by atoms with Crippen LogP contribution >= 0.6 is 0 Å². The summed E-state index contributed by atoms with van der Waals surface area (Å²) < 4.78 is 28.5. The third kappa shape index (κ3) is 3.57. The first-order chi connectivity index (χ1) is 15.4. The van der Waals surface area contributed by atoms with Gasteiger partial charge >= 0.3 is 0 Å². The molecule has 5 rings (SSSR count). The zero-order chi connectivity index (χ0) is 22.3. The van der Waals surface area contributed by atoms with E-state index < -0.39 is 10.0 Å². The zero-order valence-corrected chi connectivity index (χ0v) is 18.5. The fourth-order valence-electron chi connectivity index (χ4n) is 4.53. The molecule has 2 aliphatic heterocycles. The summed E-state index contributed by atoms with van der Waals surface area (Å²) in [5.41, 5.74) is 3.35. The van der Waals surface area contributed by atoms with Crippen molar-refractivity contribution < 1.29 is 18.0 Å². The zero-order valence-electron chi connectivity index (χ0n) is 17.7. The Morgan fingerprint density at radius 1 is 0.938 bits per heavy atom. The van der Waals surface area contributed by atoms with E-state index in [1.165, 1.54) is 9.37 Å². The van der Waals surface area contributed by atoms with Crippen molar-refractivity contribution in [2.75, 3.05) is 10.8 Å². The molecule has 0 N–H and O–H groups in total. The van der Waals surface area contributed by atoms with Crippen LogP contribution in [0.5, 0.6) is 0 Å². The Hall–Kier alpha value is -3.16. The number of benzene rings is 3. The highest BCUT2D eigenvalue weighted by Crippen LogP contribution is 2.48. The average Bonchev–Trinajstić information content (AvgIpc) is 3.13. The number of fused-ring (bicyclic) bond motifs is 3. The van der Waals surface area contributed by atoms with E-state index in [1.54, 1.807) is 30.3 Å². The van der Waals surface area contributed by atoms with Crippen molar-refractivity contribution >= 4 is 21.6 Å². The van der Waals surface area contributed by atoms with Gasteiger partial charge in [-0.2, -0.15) is 0 Å². The molecule has 2 atom stereocenters. The number of nitrogens with zero attached hydrogens (tertiary/aromatic N) is 2. The van der Waals surface area contributed by atoms with Crippen LogP contribution in [-0.2, 0) is 26.3 Å². The lowest BCUT2D eigenvalue weighted by molar-refractivity contribution is -0.198. The SMILES string of the molecule is Cc1ccc(S(=O)(=O)N2CC3CC(=O)N(OCc4ccccc4)C3c3ccccc32)cc1. The van der Waals surface area contributed by atoms with Gasteiger partial charge in [0.15, 0.2) is 0 Å². The smallest absolute Gasteiger partial charge is 0.264 e. The monoisotopic (exact) mass is 448 g/mol. The number of hydroxylamine groups is 2. The lowest BCUT2D eigenvalue weighted by Gasteiger charge is -2.39. The first-order valence-corrected chi connectivity index (χ1v) is 12.1. The van der Waals surface area contributed by atoms with Gasteiger partial charge in [0, 0.05) is 24.4 Å². The van der Waals surface area contributed by atoms with Crippen LogP contribution in [0.25, 0.3) is 0 Å². The summed E-state index contributed by atoms with van der Waals surface area (Å²) in [6, 6.07) is 23.6. The van der Waals surface area contributed by atoms with Crippen LogP contribution in [0.1, 0.15) is 29.2 Å². The molecule has 0 spiro atoms. The molecular formula is C25H24N2O4S. The minimum atomic E-state index is -3.76. The number of hydrogen-bond acceptors (Lipinski definition) is 4. The van der Waals surface area contributed by atoms with Crippen LogP contribution in [0.3, 0.4) is 0 Å². The molecule has 3 aromatic rings. The van der Waals surface area contributed by atoms with E-state index in [2.05, 4.69) is 0 Å². The fraction of sp³-hybridized carbons (Fsp3) is 0.240. The minimum Gasteiger partial charge on any atom is -0.273 e. The number of rotatable bonds is 5. The van der Waals surface area contributed by atoms with Gasteiger partial charge in [-0.05, 0) is 30.7 Å². The first-order valence-electron chi connectivity index (χ1n) is 10.6. The molecule has 3 aromatic carbocycles. The normalized spacial score (nSPS) is 20.2. The highest BCUT2D eigenvalue weighted by Gasteiger charge is 2.48. The van der Waals surface area contributed by atoms with Gasteiger partial charge in [0.2, 0.25) is 5.91 Å². The minimum absolute atomic E-state index is 0.125. The average molecular weight is 449 g/mol. The van der Waals surface area contributed by atoms with Crippen molar-refractivity contribution in [3.63, 3.8) is 0 Å². The number of amides is 1. The molecule has 7 heteroatoms. The first kappa shape index (κ1) is 20.7. The number of anilines is 1. The Balaban J connectivity index is 1.49. The number of hydrogen-bond donors (Lipinski definition) is 0. The molecule has 1 saturated heterocycles. The fourth-order valence-corrected chi connectivity index (χ4v) is 6.08. The molecule has 0 bridgehead atoms. The van der Waals surface area contributed by atoms with Gasteiger partial charge in [0.05, 0.1) is 16.6 Å². The molecule has 2 unspecified atom stereocenters. The second-order valence-electron chi connectivity index (χ2n) is 8.30. The van der Waals surface area contributed by atoms with E-state index in [0.29, 0.717) is 5.69 Å². The second-order valence-corrected chi connectivity index (χ2v) is 10.2. The van der Waals surface area contributed by atoms with E-state index >= 15 is 0 Å². The summed E-state index contributed by atoms with van der Waals surface area (Å²) in [6.45, 7) is 2.43. The largest absolute Gasteiger partial charge is 0.273 e. The summed E-state index contributed by atoms with van der Waals surface area (Å²) in [5.74, 6) is -0.311. The van der Waals surface area contributed by atoms with E-state index in [-0.39, 0.29) is 42.3 Å². The van der Waals surface area contributed by atoms with Gasteiger partial charge in [-0.1, -0.05) is 66.2 Å². The lowest BCUT2D eigenvalue weighted by Crippen LogP contribution is -2.42. The maximum Gasteiger partial charge on any atom is 0.264 e. The maximum atomic E-state index is 13.5. The number of sulfonamides is 1. The molecule has 0 saturated carbocycles. The number of carbonyl (C=O) groups excluding carboxylic acids is 1. The highest BCUT2D eigenvalue weighted by atomic mass is 32.2. The Bertz CT molecular complexity index is 1240. The quantitative estimate of drug-likeness (QED) is 0.586. The Morgan fingerprint density at radius 3 is 2.38 bits per heavy atom. The summed E-state index contributed by atoms with van der Waals surface area (Å²) in [6.07, 6.45) is 0.244. The molecule has 0 aliphatic carbocycles. The van der Waals surface area contributed by atoms with Crippen molar-refractivity contribution in [1.82, 2.24) is 5.06 Å². The van der Waals surface area contributed by atoms with Crippen LogP contribution < -0.4 is 4.31 Å². The van der Waals surface area contributed by atoms with Gasteiger partial charge in [-0.15, -0.1) is 0 Å². The van der Waals surface area contributed by atoms with Crippen molar-refractivity contribution in [2.45, 2.75) is 30.9 Å². The maximum absolute atomic E-state index is 13.5. The molecule has 0 radical (unpaired) electrons. The predicted molar refractivity (Wildman–Crippen MR) is 121 cm³/mol. The highest BCUT2D eigenvalue weighted by molar-refractivity contribution is 7.92. The molecular weight excluding hydrogens is 424 g/mol. The molecule has 6 nitrogen and oxygen atoms in total. The number of carbonyl (C=O) groups is 1. The summed E-state index contributed by atoms with van der Waals surface area (Å²) >= 11 is 0. The summed E-state index contributed by atoms with van der Waals surface area (Å²) in [5, 5.41) is 1.45. The standard InChI is InChI=1S/C25H24N2O4S/c1-18-11-13-21(14-12-18)32(29,30)26-16-20-15-24(28)27(31-17-19-7-3-2-4-8-19)25(20)22-9-5-6-10-23(22)26/h2-14,20,25H,15-17H2,1H3. The van der Waals surface area contributed by atoms with Gasteiger partial charge < -0.3 is 0 Å². The Labute approximate surface area is 188 Å². The second kappa shape index (κ2) is 8.07. The molecule has 164 valence electrons. The van der Waals surface area contributed by atoms with Crippen molar-refractivity contribution in [2.24, 2.45) is 5.92 Å². The van der Waals surface area contributed by atoms with Crippen molar-refractivity contribution in [1.29, 1.82) is 0 Å². The molecule has 1 fully saturated rings. The van der Waals surface area contributed by atoms with Gasteiger partial charge in [-0.3, -0.25) is 13.9 Å². The van der Waals surface area contributed by atoms with Crippen molar-refractivity contribution in [3.8, 4) is 0 Å². The Kier molecular flexibility index (Phi) is 5.23.